The molecule has 0 heterocycles. The van der Waals surface area contributed by atoms with E-state index < -0.39 is 44.6 Å². The Kier molecular flexibility index (Phi) is 4.50. The van der Waals surface area contributed by atoms with Crippen LogP contribution in [0.5, 0.6) is 0 Å². The number of nitro groups is 2. The lowest BCUT2D eigenvalue weighted by molar-refractivity contribution is -0.394. The molecule has 1 aromatic rings. The lowest BCUT2D eigenvalue weighted by atomic mass is 9.60. The first-order valence-corrected chi connectivity index (χ1v) is 8.36. The van der Waals surface area contributed by atoms with Crippen LogP contribution in [0.4, 0.5) is 11.4 Å². The van der Waals surface area contributed by atoms with Gasteiger partial charge in [-0.1, -0.05) is 0 Å². The van der Waals surface area contributed by atoms with E-state index in [1.807, 2.05) is 0 Å². The van der Waals surface area contributed by atoms with Gasteiger partial charge in [-0.05, 0) is 26.2 Å². The number of benzene rings is 1. The zero-order valence-corrected chi connectivity index (χ0v) is 14.4. The van der Waals surface area contributed by atoms with Crippen LogP contribution >= 0.6 is 0 Å². The summed E-state index contributed by atoms with van der Waals surface area (Å²) >= 11 is 0. The maximum Gasteiger partial charge on any atom is 0.338 e. The van der Waals surface area contributed by atoms with Crippen LogP contribution in [0, 0.1) is 31.6 Å². The molecule has 10 nitrogen and oxygen atoms in total. The van der Waals surface area contributed by atoms with Crippen LogP contribution in [0.25, 0.3) is 0 Å². The maximum atomic E-state index is 12.6. The zero-order valence-electron chi connectivity index (χ0n) is 14.4. The summed E-state index contributed by atoms with van der Waals surface area (Å²) in [5.74, 6) is -1.95. The molecule has 3 rings (SSSR count). The van der Waals surface area contributed by atoms with Crippen molar-refractivity contribution in [1.29, 1.82) is 0 Å². The average Bonchev–Trinajstić information content (AvgIpc) is 2.62. The summed E-state index contributed by atoms with van der Waals surface area (Å²) in [4.78, 5) is 57.2. The van der Waals surface area contributed by atoms with Gasteiger partial charge in [0.15, 0.2) is 5.78 Å². The van der Waals surface area contributed by atoms with Gasteiger partial charge < -0.3 is 4.74 Å². The molecule has 0 aliphatic heterocycles. The SMILES string of the molecule is C[C@@]12CC[C@H](OC(=O)c3cc([N+](=O)[O-])cc([N+](=O)[O-])c3)[C@@H](CCC1=O)C2=O. The van der Waals surface area contributed by atoms with E-state index in [1.165, 1.54) is 0 Å². The van der Waals surface area contributed by atoms with E-state index in [1.54, 1.807) is 6.92 Å². The van der Waals surface area contributed by atoms with Gasteiger partial charge in [0.2, 0.25) is 0 Å². The summed E-state index contributed by atoms with van der Waals surface area (Å²) in [5, 5.41) is 21.9. The molecule has 0 N–H and O–H groups in total. The quantitative estimate of drug-likeness (QED) is 0.337. The van der Waals surface area contributed by atoms with Gasteiger partial charge in [-0.2, -0.15) is 0 Å². The second-order valence-corrected chi connectivity index (χ2v) is 7.00. The van der Waals surface area contributed by atoms with Gasteiger partial charge in [-0.15, -0.1) is 0 Å². The topological polar surface area (TPSA) is 147 Å². The van der Waals surface area contributed by atoms with E-state index in [0.29, 0.717) is 6.42 Å². The van der Waals surface area contributed by atoms with Crippen molar-refractivity contribution in [3.05, 3.63) is 44.0 Å². The number of Topliss-reactive ketones (excluding diaryl/α,β-unsaturated/α-hetero) is 2. The standard InChI is InChI=1S/C17H16N2O8/c1-17-5-4-13(12(15(17)21)2-3-14(17)20)27-16(22)9-6-10(18(23)24)8-11(7-9)19(25)26/h6-8,12-13H,2-5H2,1H3/t12-,13+,17-/m1/s1. The molecule has 2 saturated carbocycles. The highest BCUT2D eigenvalue weighted by atomic mass is 16.6. The largest absolute Gasteiger partial charge is 0.458 e. The van der Waals surface area contributed by atoms with Gasteiger partial charge in [0.1, 0.15) is 11.9 Å². The van der Waals surface area contributed by atoms with E-state index in [9.17, 15) is 34.6 Å². The van der Waals surface area contributed by atoms with Crippen LogP contribution in [-0.4, -0.2) is 33.5 Å². The number of ether oxygens (including phenoxy) is 1. The van der Waals surface area contributed by atoms with Gasteiger partial charge in [-0.3, -0.25) is 29.8 Å². The van der Waals surface area contributed by atoms with E-state index >= 15 is 0 Å². The number of rotatable bonds is 4. The minimum absolute atomic E-state index is 0.108. The Morgan fingerprint density at radius 2 is 1.70 bits per heavy atom. The summed E-state index contributed by atoms with van der Waals surface area (Å²) in [7, 11) is 0. The van der Waals surface area contributed by atoms with E-state index in [2.05, 4.69) is 0 Å². The van der Waals surface area contributed by atoms with Gasteiger partial charge in [0, 0.05) is 18.6 Å². The number of non-ortho nitro benzene ring substituents is 2. The first-order valence-electron chi connectivity index (χ1n) is 8.36. The summed E-state index contributed by atoms with van der Waals surface area (Å²) in [5.41, 5.74) is -2.59. The van der Waals surface area contributed by atoms with Crippen LogP contribution < -0.4 is 0 Å². The number of fused-ring (bicyclic) bond motifs is 2. The fourth-order valence-electron chi connectivity index (χ4n) is 3.76. The number of carbonyl (C=O) groups is 3. The molecule has 2 aliphatic rings. The van der Waals surface area contributed by atoms with Gasteiger partial charge in [0.05, 0.1) is 32.8 Å². The third-order valence-corrected chi connectivity index (χ3v) is 5.37. The molecule has 0 amide bonds. The molecule has 0 spiro atoms. The number of ketones is 2. The van der Waals surface area contributed by atoms with Crippen molar-refractivity contribution >= 4 is 28.9 Å². The summed E-state index contributed by atoms with van der Waals surface area (Å²) in [6.45, 7) is 1.60. The van der Waals surface area contributed by atoms with Gasteiger partial charge >= 0.3 is 5.97 Å². The van der Waals surface area contributed by atoms with Crippen molar-refractivity contribution < 1.29 is 29.0 Å². The molecule has 10 heteroatoms. The minimum Gasteiger partial charge on any atom is -0.458 e. The van der Waals surface area contributed by atoms with Crippen LogP contribution in [0.15, 0.2) is 18.2 Å². The highest BCUT2D eigenvalue weighted by Crippen LogP contribution is 2.45. The van der Waals surface area contributed by atoms with Crippen LogP contribution in [0.3, 0.4) is 0 Å². The number of nitrogens with zero attached hydrogens (tertiary/aromatic N) is 2. The monoisotopic (exact) mass is 376 g/mol. The normalized spacial score (nSPS) is 27.1. The van der Waals surface area contributed by atoms with Gasteiger partial charge in [-0.25, -0.2) is 4.79 Å². The lowest BCUT2D eigenvalue weighted by Gasteiger charge is -2.43. The third-order valence-electron chi connectivity index (χ3n) is 5.37. The Labute approximate surface area is 152 Å². The van der Waals surface area contributed by atoms with Crippen molar-refractivity contribution in [2.45, 2.75) is 38.7 Å². The van der Waals surface area contributed by atoms with E-state index in [0.717, 1.165) is 18.2 Å². The minimum atomic E-state index is -1.05. The molecule has 0 saturated heterocycles. The summed E-state index contributed by atoms with van der Waals surface area (Å²) in [6.07, 6.45) is 0.309. The zero-order chi connectivity index (χ0) is 19.9. The Morgan fingerprint density at radius 3 is 2.26 bits per heavy atom. The van der Waals surface area contributed by atoms with Crippen LogP contribution in [0.2, 0.25) is 0 Å². The third kappa shape index (κ3) is 3.18. The number of nitro benzene ring substituents is 2. The smallest absolute Gasteiger partial charge is 0.338 e. The fraction of sp³-hybridized carbons (Fsp3) is 0.471. The number of esters is 1. The maximum absolute atomic E-state index is 12.6. The Balaban J connectivity index is 1.84. The second-order valence-electron chi connectivity index (χ2n) is 7.00. The first kappa shape index (κ1) is 18.6. The second kappa shape index (κ2) is 6.53. The van der Waals surface area contributed by atoms with E-state index in [-0.39, 0.29) is 36.4 Å². The molecular formula is C17H16N2O8. The fourth-order valence-corrected chi connectivity index (χ4v) is 3.76. The summed E-state index contributed by atoms with van der Waals surface area (Å²) < 4.78 is 5.37. The molecule has 0 unspecified atom stereocenters. The van der Waals surface area contributed by atoms with Gasteiger partial charge in [0.25, 0.3) is 11.4 Å². The predicted molar refractivity (Wildman–Crippen MR) is 89.0 cm³/mol. The van der Waals surface area contributed by atoms with Crippen molar-refractivity contribution in [1.82, 2.24) is 0 Å². The molecule has 2 bridgehead atoms. The van der Waals surface area contributed by atoms with Crippen molar-refractivity contribution in [2.75, 3.05) is 0 Å². The number of hydrogen-bond acceptors (Lipinski definition) is 8. The molecule has 0 aromatic heterocycles. The van der Waals surface area contributed by atoms with Crippen LogP contribution in [0.1, 0.15) is 43.0 Å². The Hall–Kier alpha value is -3.17. The Morgan fingerprint density at radius 1 is 1.11 bits per heavy atom. The molecule has 142 valence electrons. The first-order chi connectivity index (χ1) is 12.6. The molecular weight excluding hydrogens is 360 g/mol. The van der Waals surface area contributed by atoms with Crippen molar-refractivity contribution in [2.24, 2.45) is 11.3 Å². The number of hydrogen-bond donors (Lipinski definition) is 0. The summed E-state index contributed by atoms with van der Waals surface area (Å²) in [6, 6.07) is 2.54. The lowest BCUT2D eigenvalue weighted by Crippen LogP contribution is -2.53. The predicted octanol–water partition coefficient (Wildman–Crippen LogP) is 2.38. The van der Waals surface area contributed by atoms with E-state index in [4.69, 9.17) is 4.74 Å². The Bertz CT molecular complexity index is 847. The molecule has 0 radical (unpaired) electrons. The van der Waals surface area contributed by atoms with Crippen molar-refractivity contribution in [3.63, 3.8) is 0 Å². The molecule has 2 aliphatic carbocycles. The number of carbonyl (C=O) groups excluding carboxylic acids is 3. The van der Waals surface area contributed by atoms with Crippen molar-refractivity contribution in [3.8, 4) is 0 Å². The average molecular weight is 376 g/mol. The highest BCUT2D eigenvalue weighted by molar-refractivity contribution is 6.10. The van der Waals surface area contributed by atoms with Crippen LogP contribution in [-0.2, 0) is 14.3 Å². The molecule has 1 aromatic carbocycles. The highest BCUT2D eigenvalue weighted by Gasteiger charge is 2.54. The molecule has 2 fully saturated rings. The molecule has 27 heavy (non-hydrogen) atoms. The molecule has 3 atom stereocenters.